The van der Waals surface area contributed by atoms with Crippen molar-refractivity contribution >= 4 is 39.8 Å². The molecule has 0 aliphatic carbocycles. The van der Waals surface area contributed by atoms with Crippen molar-refractivity contribution in [2.75, 3.05) is 5.75 Å². The Morgan fingerprint density at radius 3 is 2.50 bits per heavy atom. The number of rotatable bonds is 6. The molecule has 0 spiro atoms. The molecule has 24 heavy (non-hydrogen) atoms. The molecule has 0 unspecified atom stereocenters. The number of hydrogen-bond acceptors (Lipinski definition) is 4. The fourth-order valence-electron chi connectivity index (χ4n) is 2.15. The molecule has 0 saturated carbocycles. The van der Waals surface area contributed by atoms with Gasteiger partial charge in [-0.15, -0.1) is 11.8 Å². The van der Waals surface area contributed by atoms with E-state index in [-0.39, 0.29) is 5.91 Å². The number of hydrazone groups is 1. The number of aromatic hydroxyl groups is 1. The molecule has 0 aliphatic rings. The molecule has 0 aliphatic heterocycles. The Balaban J connectivity index is 1.76. The molecule has 126 valence electrons. The third-order valence-corrected chi connectivity index (χ3v) is 4.86. The highest BCUT2D eigenvalue weighted by Crippen LogP contribution is 2.25. The SMILES string of the molecule is Cc1cc(CSCC(=O)N/N=C/c2ccc(Br)cc2)cc(C)c1O. The van der Waals surface area contributed by atoms with Crippen LogP contribution in [-0.4, -0.2) is 23.0 Å². The number of halogens is 1. The molecule has 0 saturated heterocycles. The lowest BCUT2D eigenvalue weighted by Gasteiger charge is -2.07. The first-order valence-electron chi connectivity index (χ1n) is 7.40. The number of carbonyl (C=O) groups is 1. The van der Waals surface area contributed by atoms with Crippen molar-refractivity contribution in [1.82, 2.24) is 5.43 Å². The van der Waals surface area contributed by atoms with Crippen LogP contribution in [0, 0.1) is 13.8 Å². The third kappa shape index (κ3) is 5.69. The van der Waals surface area contributed by atoms with Gasteiger partial charge in [0, 0.05) is 10.2 Å². The zero-order valence-electron chi connectivity index (χ0n) is 13.5. The van der Waals surface area contributed by atoms with Crippen LogP contribution in [0.3, 0.4) is 0 Å². The smallest absolute Gasteiger partial charge is 0.250 e. The molecule has 0 heterocycles. The molecule has 2 aromatic carbocycles. The predicted molar refractivity (Wildman–Crippen MR) is 104 cm³/mol. The first-order chi connectivity index (χ1) is 11.5. The number of nitrogens with zero attached hydrogens (tertiary/aromatic N) is 1. The van der Waals surface area contributed by atoms with Gasteiger partial charge in [-0.1, -0.05) is 40.2 Å². The van der Waals surface area contributed by atoms with Crippen LogP contribution in [-0.2, 0) is 10.5 Å². The van der Waals surface area contributed by atoms with Crippen LogP contribution in [0.5, 0.6) is 5.75 Å². The van der Waals surface area contributed by atoms with E-state index in [0.29, 0.717) is 17.3 Å². The summed E-state index contributed by atoms with van der Waals surface area (Å²) < 4.78 is 1.000. The maximum Gasteiger partial charge on any atom is 0.250 e. The number of benzene rings is 2. The number of hydrogen-bond donors (Lipinski definition) is 2. The second-order valence-corrected chi connectivity index (χ2v) is 7.32. The monoisotopic (exact) mass is 406 g/mol. The van der Waals surface area contributed by atoms with Gasteiger partial charge < -0.3 is 5.11 Å². The Bertz CT molecular complexity index is 722. The van der Waals surface area contributed by atoms with E-state index in [1.54, 1.807) is 6.21 Å². The van der Waals surface area contributed by atoms with Crippen LogP contribution in [0.4, 0.5) is 0 Å². The van der Waals surface area contributed by atoms with Crippen molar-refractivity contribution in [2.45, 2.75) is 19.6 Å². The van der Waals surface area contributed by atoms with E-state index >= 15 is 0 Å². The summed E-state index contributed by atoms with van der Waals surface area (Å²) in [4.78, 5) is 11.8. The normalized spacial score (nSPS) is 11.0. The molecule has 4 nitrogen and oxygen atoms in total. The van der Waals surface area contributed by atoms with E-state index < -0.39 is 0 Å². The predicted octanol–water partition coefficient (Wildman–Crippen LogP) is 4.16. The van der Waals surface area contributed by atoms with E-state index in [1.807, 2.05) is 50.2 Å². The molecule has 6 heteroatoms. The van der Waals surface area contributed by atoms with Crippen molar-refractivity contribution in [3.63, 3.8) is 0 Å². The van der Waals surface area contributed by atoms with E-state index in [0.717, 1.165) is 26.7 Å². The average Bonchev–Trinajstić information content (AvgIpc) is 2.54. The quantitative estimate of drug-likeness (QED) is 0.559. The fourth-order valence-corrected chi connectivity index (χ4v) is 3.17. The highest BCUT2D eigenvalue weighted by molar-refractivity contribution is 9.10. The largest absolute Gasteiger partial charge is 0.507 e. The number of thioether (sulfide) groups is 1. The van der Waals surface area contributed by atoms with Crippen molar-refractivity contribution in [3.05, 3.63) is 63.1 Å². The molecule has 0 bridgehead atoms. The maximum atomic E-state index is 11.8. The van der Waals surface area contributed by atoms with Gasteiger partial charge in [-0.25, -0.2) is 5.43 Å². The Morgan fingerprint density at radius 2 is 1.88 bits per heavy atom. The molecule has 2 aromatic rings. The first kappa shape index (κ1) is 18.5. The molecule has 2 N–H and O–H groups in total. The summed E-state index contributed by atoms with van der Waals surface area (Å²) in [6.07, 6.45) is 1.61. The summed E-state index contributed by atoms with van der Waals surface area (Å²) in [5, 5.41) is 13.7. The Morgan fingerprint density at radius 1 is 1.25 bits per heavy atom. The minimum absolute atomic E-state index is 0.138. The van der Waals surface area contributed by atoms with Gasteiger partial charge in [0.15, 0.2) is 0 Å². The third-order valence-electron chi connectivity index (χ3n) is 3.33. The molecule has 0 aromatic heterocycles. The van der Waals surface area contributed by atoms with Gasteiger partial charge in [0.25, 0.3) is 0 Å². The Kier molecular flexibility index (Phi) is 6.87. The lowest BCUT2D eigenvalue weighted by atomic mass is 10.1. The topological polar surface area (TPSA) is 61.7 Å². The minimum Gasteiger partial charge on any atom is -0.507 e. The molecular formula is C18H19BrN2O2S. The Labute approximate surface area is 154 Å². The van der Waals surface area contributed by atoms with Crippen LogP contribution < -0.4 is 5.43 Å². The second-order valence-electron chi connectivity index (χ2n) is 5.42. The van der Waals surface area contributed by atoms with E-state index in [1.165, 1.54) is 11.8 Å². The van der Waals surface area contributed by atoms with Gasteiger partial charge in [-0.2, -0.15) is 5.10 Å². The van der Waals surface area contributed by atoms with Crippen LogP contribution in [0.25, 0.3) is 0 Å². The summed E-state index contributed by atoms with van der Waals surface area (Å²) in [6.45, 7) is 3.75. The van der Waals surface area contributed by atoms with E-state index in [9.17, 15) is 9.90 Å². The fraction of sp³-hybridized carbons (Fsp3) is 0.222. The van der Waals surface area contributed by atoms with Crippen LogP contribution in [0.15, 0.2) is 46.0 Å². The molecule has 2 rings (SSSR count). The minimum atomic E-state index is -0.138. The summed E-state index contributed by atoms with van der Waals surface area (Å²) in [5.74, 6) is 1.24. The maximum absolute atomic E-state index is 11.8. The second kappa shape index (κ2) is 8.89. The van der Waals surface area contributed by atoms with Crippen LogP contribution in [0.1, 0.15) is 22.3 Å². The van der Waals surface area contributed by atoms with Gasteiger partial charge in [0.2, 0.25) is 5.91 Å². The van der Waals surface area contributed by atoms with E-state index in [2.05, 4.69) is 26.5 Å². The zero-order chi connectivity index (χ0) is 17.5. The highest BCUT2D eigenvalue weighted by atomic mass is 79.9. The number of nitrogens with one attached hydrogen (secondary N) is 1. The number of amides is 1. The standard InChI is InChI=1S/C18H19BrN2O2S/c1-12-7-15(8-13(2)18(12)23)10-24-11-17(22)21-20-9-14-3-5-16(19)6-4-14/h3-9,23H,10-11H2,1-2H3,(H,21,22)/b20-9+. The van der Waals surface area contributed by atoms with Crippen molar-refractivity contribution in [1.29, 1.82) is 0 Å². The molecular weight excluding hydrogens is 388 g/mol. The summed E-state index contributed by atoms with van der Waals surface area (Å²) >= 11 is 4.88. The summed E-state index contributed by atoms with van der Waals surface area (Å²) in [7, 11) is 0. The first-order valence-corrected chi connectivity index (χ1v) is 9.35. The van der Waals surface area contributed by atoms with Gasteiger partial charge in [-0.05, 0) is 48.2 Å². The molecule has 0 fully saturated rings. The molecule has 0 atom stereocenters. The lowest BCUT2D eigenvalue weighted by Crippen LogP contribution is -2.19. The molecule has 1 amide bonds. The van der Waals surface area contributed by atoms with Gasteiger partial charge in [-0.3, -0.25) is 4.79 Å². The van der Waals surface area contributed by atoms with Crippen molar-refractivity contribution in [2.24, 2.45) is 5.10 Å². The zero-order valence-corrected chi connectivity index (χ0v) is 15.9. The van der Waals surface area contributed by atoms with Crippen LogP contribution >= 0.6 is 27.7 Å². The van der Waals surface area contributed by atoms with Gasteiger partial charge in [0.1, 0.15) is 5.75 Å². The van der Waals surface area contributed by atoms with Gasteiger partial charge in [0.05, 0.1) is 12.0 Å². The van der Waals surface area contributed by atoms with Gasteiger partial charge >= 0.3 is 0 Å². The van der Waals surface area contributed by atoms with Crippen LogP contribution in [0.2, 0.25) is 0 Å². The van der Waals surface area contributed by atoms with E-state index in [4.69, 9.17) is 0 Å². The Hall–Kier alpha value is -1.79. The number of carbonyl (C=O) groups excluding carboxylic acids is 1. The average molecular weight is 407 g/mol. The summed E-state index contributed by atoms with van der Waals surface area (Å²) in [6, 6.07) is 11.5. The molecule has 0 radical (unpaired) electrons. The highest BCUT2D eigenvalue weighted by Gasteiger charge is 2.05. The number of aryl methyl sites for hydroxylation is 2. The number of phenolic OH excluding ortho intramolecular Hbond substituents is 1. The van der Waals surface area contributed by atoms with Crippen molar-refractivity contribution in [3.8, 4) is 5.75 Å². The van der Waals surface area contributed by atoms with Crippen molar-refractivity contribution < 1.29 is 9.90 Å². The lowest BCUT2D eigenvalue weighted by molar-refractivity contribution is -0.118. The number of phenols is 1. The summed E-state index contributed by atoms with van der Waals surface area (Å²) in [5.41, 5.74) is 6.25.